The van der Waals surface area contributed by atoms with Gasteiger partial charge in [0.15, 0.2) is 0 Å². The van der Waals surface area contributed by atoms with Crippen LogP contribution in [0, 0.1) is 0 Å². The quantitative estimate of drug-likeness (QED) is 0.503. The summed E-state index contributed by atoms with van der Waals surface area (Å²) in [6, 6.07) is 6.37. The number of hydrogen-bond donors (Lipinski definition) is 2. The summed E-state index contributed by atoms with van der Waals surface area (Å²) in [5, 5.41) is 5.25. The molecule has 0 fully saturated rings. The Morgan fingerprint density at radius 2 is 1.83 bits per heavy atom. The van der Waals surface area contributed by atoms with Gasteiger partial charge in [0.1, 0.15) is 0 Å². The van der Waals surface area contributed by atoms with Crippen LogP contribution in [0.4, 0.5) is 0 Å². The second-order valence-corrected chi connectivity index (χ2v) is 7.27. The summed E-state index contributed by atoms with van der Waals surface area (Å²) < 4.78 is 26.1. The molecule has 8 heteroatoms. The predicted octanol–water partition coefficient (Wildman–Crippen LogP) is 0.635. The molecule has 0 aromatic heterocycles. The molecule has 0 aliphatic carbocycles. The van der Waals surface area contributed by atoms with Gasteiger partial charge in [0.25, 0.3) is 0 Å². The minimum absolute atomic E-state index is 0.144. The molecule has 0 radical (unpaired) electrons. The average molecular weight is 353 g/mol. The summed E-state index contributed by atoms with van der Waals surface area (Å²) in [5.74, 6) is -0.426. The molecule has 7 nitrogen and oxygen atoms in total. The van der Waals surface area contributed by atoms with Gasteiger partial charge in [-0.25, -0.2) is 12.7 Å². The number of amides is 2. The van der Waals surface area contributed by atoms with Gasteiger partial charge in [-0.2, -0.15) is 0 Å². The second-order valence-electron chi connectivity index (χ2n) is 5.23. The lowest BCUT2D eigenvalue weighted by Gasteiger charge is -2.17. The Morgan fingerprint density at radius 3 is 2.38 bits per heavy atom. The summed E-state index contributed by atoms with van der Waals surface area (Å²) in [4.78, 5) is 22.1. The fourth-order valence-corrected chi connectivity index (χ4v) is 3.10. The molecule has 0 saturated carbocycles. The van der Waals surface area contributed by atoms with E-state index in [4.69, 9.17) is 0 Å². The van der Waals surface area contributed by atoms with E-state index in [9.17, 15) is 18.0 Å². The van der Waals surface area contributed by atoms with Crippen LogP contribution in [-0.4, -0.2) is 44.7 Å². The molecule has 0 spiro atoms. The van der Waals surface area contributed by atoms with Crippen molar-refractivity contribution in [1.82, 2.24) is 14.9 Å². The predicted molar refractivity (Wildman–Crippen MR) is 91.6 cm³/mol. The summed E-state index contributed by atoms with van der Waals surface area (Å²) in [5.41, 5.74) is 0.818. The van der Waals surface area contributed by atoms with Crippen molar-refractivity contribution in [3.63, 3.8) is 0 Å². The maximum absolute atomic E-state index is 12.4. The van der Waals surface area contributed by atoms with E-state index in [0.29, 0.717) is 19.5 Å². The minimum Gasteiger partial charge on any atom is -0.353 e. The number of nitrogens with one attached hydrogen (secondary N) is 2. The highest BCUT2D eigenvalue weighted by atomic mass is 32.2. The first-order valence-electron chi connectivity index (χ1n) is 7.47. The van der Waals surface area contributed by atoms with Crippen molar-refractivity contribution >= 4 is 21.8 Å². The number of hydrogen-bond acceptors (Lipinski definition) is 4. The van der Waals surface area contributed by atoms with Gasteiger partial charge in [-0.15, -0.1) is 0 Å². The van der Waals surface area contributed by atoms with Crippen LogP contribution in [0.15, 0.2) is 41.8 Å². The number of benzene rings is 1. The number of carbonyl (C=O) groups is 2. The minimum atomic E-state index is -3.58. The summed E-state index contributed by atoms with van der Waals surface area (Å²) in [6.45, 7) is 5.78. The highest BCUT2D eigenvalue weighted by Gasteiger charge is 2.20. The molecule has 2 amide bonds. The van der Waals surface area contributed by atoms with Crippen LogP contribution in [0.25, 0.3) is 0 Å². The Kier molecular flexibility index (Phi) is 7.60. The average Bonchev–Trinajstić information content (AvgIpc) is 2.56. The Morgan fingerprint density at radius 1 is 1.21 bits per heavy atom. The second kappa shape index (κ2) is 9.19. The molecule has 2 N–H and O–H groups in total. The zero-order chi connectivity index (χ0) is 18.2. The van der Waals surface area contributed by atoms with E-state index in [1.54, 1.807) is 12.1 Å². The molecule has 132 valence electrons. The summed E-state index contributed by atoms with van der Waals surface area (Å²) >= 11 is 0. The van der Waals surface area contributed by atoms with E-state index in [1.807, 2.05) is 0 Å². The Hall–Kier alpha value is -2.19. The zero-order valence-corrected chi connectivity index (χ0v) is 14.7. The zero-order valence-electron chi connectivity index (χ0n) is 13.9. The smallest absolute Gasteiger partial charge is 0.243 e. The fourth-order valence-electron chi connectivity index (χ4n) is 1.89. The van der Waals surface area contributed by atoms with Crippen LogP contribution >= 0.6 is 0 Å². The van der Waals surface area contributed by atoms with Gasteiger partial charge in [0.05, 0.1) is 4.90 Å². The van der Waals surface area contributed by atoms with Gasteiger partial charge in [-0.05, 0) is 30.2 Å². The largest absolute Gasteiger partial charge is 0.353 e. The van der Waals surface area contributed by atoms with Crippen molar-refractivity contribution in [3.8, 4) is 0 Å². The third-order valence-electron chi connectivity index (χ3n) is 3.31. The summed E-state index contributed by atoms with van der Waals surface area (Å²) in [7, 11) is -2.08. The third-order valence-corrected chi connectivity index (χ3v) is 5.18. The molecule has 0 heterocycles. The molecule has 0 aliphatic rings. The molecule has 1 aromatic carbocycles. The first-order valence-corrected chi connectivity index (χ1v) is 8.91. The standard InChI is InChI=1S/C16H23N3O4S/c1-4-16(21)17-10-5-11-19(3)24(22,23)15-8-6-14(7-9-15)12-18-13(2)20/h4,6-9H,1,5,10-12H2,2-3H3,(H,17,21)(H,18,20). The van der Waals surface area contributed by atoms with Crippen LogP contribution in [0.3, 0.4) is 0 Å². The number of sulfonamides is 1. The van der Waals surface area contributed by atoms with Crippen molar-refractivity contribution in [2.45, 2.75) is 24.8 Å². The molecule has 0 bridgehead atoms. The topological polar surface area (TPSA) is 95.6 Å². The highest BCUT2D eigenvalue weighted by molar-refractivity contribution is 7.89. The molecule has 0 saturated heterocycles. The number of rotatable bonds is 9. The number of nitrogens with zero attached hydrogens (tertiary/aromatic N) is 1. The molecule has 0 unspecified atom stereocenters. The lowest BCUT2D eigenvalue weighted by atomic mass is 10.2. The molecule has 0 atom stereocenters. The number of carbonyl (C=O) groups excluding carboxylic acids is 2. The van der Waals surface area contributed by atoms with E-state index in [0.717, 1.165) is 5.56 Å². The molecule has 1 rings (SSSR count). The van der Waals surface area contributed by atoms with Crippen LogP contribution < -0.4 is 10.6 Å². The molecule has 1 aromatic rings. The van der Waals surface area contributed by atoms with Gasteiger partial charge in [0.2, 0.25) is 21.8 Å². The molecule has 0 aliphatic heterocycles. The van der Waals surface area contributed by atoms with Crippen molar-refractivity contribution in [1.29, 1.82) is 0 Å². The van der Waals surface area contributed by atoms with Crippen LogP contribution in [0.1, 0.15) is 18.9 Å². The van der Waals surface area contributed by atoms with Gasteiger partial charge < -0.3 is 10.6 Å². The van der Waals surface area contributed by atoms with Gasteiger partial charge in [-0.3, -0.25) is 9.59 Å². The van der Waals surface area contributed by atoms with Gasteiger partial charge in [-0.1, -0.05) is 18.7 Å². The van der Waals surface area contributed by atoms with E-state index in [2.05, 4.69) is 17.2 Å². The van der Waals surface area contributed by atoms with Crippen LogP contribution in [-0.2, 0) is 26.2 Å². The fraction of sp³-hybridized carbons (Fsp3) is 0.375. The first kappa shape index (κ1) is 19.9. The Bertz CT molecular complexity index is 684. The van der Waals surface area contributed by atoms with E-state index in [-0.39, 0.29) is 23.3 Å². The van der Waals surface area contributed by atoms with Crippen LogP contribution in [0.2, 0.25) is 0 Å². The molecular weight excluding hydrogens is 330 g/mol. The van der Waals surface area contributed by atoms with Crippen molar-refractivity contribution in [2.75, 3.05) is 20.1 Å². The SMILES string of the molecule is C=CC(=O)NCCCN(C)S(=O)(=O)c1ccc(CNC(C)=O)cc1. The monoisotopic (exact) mass is 353 g/mol. The van der Waals surface area contributed by atoms with Gasteiger partial charge >= 0.3 is 0 Å². The van der Waals surface area contributed by atoms with Crippen molar-refractivity contribution < 1.29 is 18.0 Å². The first-order chi connectivity index (χ1) is 11.3. The maximum atomic E-state index is 12.4. The maximum Gasteiger partial charge on any atom is 0.243 e. The van der Waals surface area contributed by atoms with Crippen LogP contribution in [0.5, 0.6) is 0 Å². The van der Waals surface area contributed by atoms with E-state index in [1.165, 1.54) is 36.5 Å². The van der Waals surface area contributed by atoms with Crippen molar-refractivity contribution in [2.24, 2.45) is 0 Å². The lowest BCUT2D eigenvalue weighted by molar-refractivity contribution is -0.119. The van der Waals surface area contributed by atoms with E-state index < -0.39 is 10.0 Å². The Balaban J connectivity index is 2.61. The van der Waals surface area contributed by atoms with Gasteiger partial charge in [0, 0.05) is 33.6 Å². The van der Waals surface area contributed by atoms with E-state index >= 15 is 0 Å². The summed E-state index contributed by atoms with van der Waals surface area (Å²) in [6.07, 6.45) is 1.67. The lowest BCUT2D eigenvalue weighted by Crippen LogP contribution is -2.31. The third kappa shape index (κ3) is 6.13. The highest BCUT2D eigenvalue weighted by Crippen LogP contribution is 2.15. The molecule has 24 heavy (non-hydrogen) atoms. The normalized spacial score (nSPS) is 11.1. The van der Waals surface area contributed by atoms with Crippen molar-refractivity contribution in [3.05, 3.63) is 42.5 Å². The Labute approximate surface area is 142 Å². The molecular formula is C16H23N3O4S.